The molecule has 2 aliphatic carbocycles. The summed E-state index contributed by atoms with van der Waals surface area (Å²) in [4.78, 5) is 20.9. The normalized spacial score (nSPS) is 14.9. The van der Waals surface area contributed by atoms with E-state index in [0.717, 1.165) is 47.9 Å². The van der Waals surface area contributed by atoms with Crippen molar-refractivity contribution in [2.75, 3.05) is 0 Å². The second-order valence-electron chi connectivity index (χ2n) is 12.6. The standard InChI is InChI=1S/C45H36N4S/c1-5-18-33(19-6-1)43-46-44(48-45(47-43)49-41-30-15-13-28-39(41)40-29-14-16-31-42(40)49)34-20-17-27-38(32-34)50(35-21-7-2-8-22-35,36-23-9-3-10-24-36)37-25-11-4-12-26-37/h2-3,5,7-11,13-32H,1,4,6,12H2. The van der Waals surface area contributed by atoms with Crippen LogP contribution in [0.4, 0.5) is 0 Å². The van der Waals surface area contributed by atoms with Gasteiger partial charge in [-0.2, -0.15) is 9.97 Å². The molecule has 50 heavy (non-hydrogen) atoms. The molecule has 5 aromatic carbocycles. The van der Waals surface area contributed by atoms with Crippen molar-refractivity contribution in [3.8, 4) is 17.3 Å². The van der Waals surface area contributed by atoms with Crippen molar-refractivity contribution in [3.63, 3.8) is 0 Å². The topological polar surface area (TPSA) is 43.6 Å². The van der Waals surface area contributed by atoms with Crippen LogP contribution >= 0.6 is 10.0 Å². The molecule has 4 nitrogen and oxygen atoms in total. The van der Waals surface area contributed by atoms with Gasteiger partial charge in [-0.25, -0.2) is 4.98 Å². The van der Waals surface area contributed by atoms with Crippen LogP contribution in [0.15, 0.2) is 190 Å². The molecule has 0 saturated carbocycles. The predicted molar refractivity (Wildman–Crippen MR) is 208 cm³/mol. The second-order valence-corrected chi connectivity index (χ2v) is 15.8. The first-order valence-corrected chi connectivity index (χ1v) is 19.0. The Bertz CT molecular complexity index is 2400. The fraction of sp³-hybridized carbons (Fsp3) is 0.0889. The van der Waals surface area contributed by atoms with Crippen LogP contribution in [0.2, 0.25) is 0 Å². The van der Waals surface area contributed by atoms with E-state index in [1.807, 2.05) is 0 Å². The molecule has 2 aromatic heterocycles. The van der Waals surface area contributed by atoms with Crippen LogP contribution in [0.5, 0.6) is 0 Å². The third-order valence-electron chi connectivity index (χ3n) is 9.61. The van der Waals surface area contributed by atoms with Gasteiger partial charge < -0.3 is 0 Å². The predicted octanol–water partition coefficient (Wildman–Crippen LogP) is 11.9. The van der Waals surface area contributed by atoms with E-state index in [9.17, 15) is 0 Å². The number of benzene rings is 5. The van der Waals surface area contributed by atoms with Crippen LogP contribution in [0.1, 0.15) is 31.5 Å². The average molecular weight is 665 g/mol. The summed E-state index contributed by atoms with van der Waals surface area (Å²) < 4.78 is 2.19. The van der Waals surface area contributed by atoms with E-state index in [1.54, 1.807) is 0 Å². The van der Waals surface area contributed by atoms with Crippen LogP contribution in [-0.4, -0.2) is 19.5 Å². The third kappa shape index (κ3) is 5.13. The number of rotatable bonds is 7. The smallest absolute Gasteiger partial charge is 0.238 e. The molecule has 0 radical (unpaired) electrons. The monoisotopic (exact) mass is 664 g/mol. The Hall–Kier alpha value is -5.78. The zero-order valence-corrected chi connectivity index (χ0v) is 28.5. The van der Waals surface area contributed by atoms with E-state index in [1.165, 1.54) is 30.4 Å². The molecule has 242 valence electrons. The van der Waals surface area contributed by atoms with Crippen molar-refractivity contribution in [3.05, 3.63) is 181 Å². The number of fused-ring (bicyclic) bond motifs is 3. The molecule has 0 atom stereocenters. The van der Waals surface area contributed by atoms with Crippen LogP contribution in [0.25, 0.3) is 44.7 Å². The van der Waals surface area contributed by atoms with Crippen molar-refractivity contribution in [2.45, 2.75) is 40.4 Å². The summed E-state index contributed by atoms with van der Waals surface area (Å²) in [5, 5.41) is 2.36. The zero-order valence-electron chi connectivity index (χ0n) is 27.7. The molecular formula is C45H36N4S. The van der Waals surface area contributed by atoms with Crippen molar-refractivity contribution < 1.29 is 0 Å². The average Bonchev–Trinajstić information content (AvgIpc) is 3.54. The van der Waals surface area contributed by atoms with Gasteiger partial charge in [0.2, 0.25) is 5.95 Å². The molecule has 0 unspecified atom stereocenters. The molecule has 0 amide bonds. The molecule has 5 heteroatoms. The fourth-order valence-electron chi connectivity index (χ4n) is 7.35. The number of aromatic nitrogens is 4. The maximum Gasteiger partial charge on any atom is 0.238 e. The summed E-state index contributed by atoms with van der Waals surface area (Å²) >= 11 is 0. The number of para-hydroxylation sites is 2. The third-order valence-corrected chi connectivity index (χ3v) is 13.5. The minimum absolute atomic E-state index is 0.621. The van der Waals surface area contributed by atoms with E-state index < -0.39 is 10.0 Å². The molecule has 0 N–H and O–H groups in total. The minimum Gasteiger partial charge on any atom is -0.278 e. The Morgan fingerprint density at radius 3 is 1.68 bits per heavy atom. The molecular weight excluding hydrogens is 629 g/mol. The molecule has 7 aromatic rings. The van der Waals surface area contributed by atoms with E-state index in [-0.39, 0.29) is 0 Å². The lowest BCUT2D eigenvalue weighted by molar-refractivity contribution is 0.927. The summed E-state index contributed by atoms with van der Waals surface area (Å²) in [6, 6.07) is 48.0. The lowest BCUT2D eigenvalue weighted by Gasteiger charge is -2.43. The summed E-state index contributed by atoms with van der Waals surface area (Å²) in [5.41, 5.74) is 4.15. The Balaban J connectivity index is 1.30. The highest BCUT2D eigenvalue weighted by atomic mass is 32.3. The molecule has 0 spiro atoms. The summed E-state index contributed by atoms with van der Waals surface area (Å²) in [6.07, 6.45) is 17.8. The highest BCUT2D eigenvalue weighted by molar-refractivity contribution is 8.37. The highest BCUT2D eigenvalue weighted by Crippen LogP contribution is 2.74. The first-order chi connectivity index (χ1) is 24.8. The van der Waals surface area contributed by atoms with Crippen LogP contribution in [0, 0.1) is 0 Å². The first-order valence-electron chi connectivity index (χ1n) is 17.3. The quantitative estimate of drug-likeness (QED) is 0.170. The van der Waals surface area contributed by atoms with Gasteiger partial charge in [-0.05, 0) is 79.1 Å². The van der Waals surface area contributed by atoms with E-state index in [0.29, 0.717) is 17.6 Å². The summed E-state index contributed by atoms with van der Waals surface area (Å²) in [6.45, 7) is 0. The number of hydrogen-bond donors (Lipinski definition) is 0. The van der Waals surface area contributed by atoms with Crippen molar-refractivity contribution in [2.24, 2.45) is 0 Å². The van der Waals surface area contributed by atoms with Gasteiger partial charge in [0, 0.05) is 36.6 Å². The fourth-order valence-corrected chi connectivity index (χ4v) is 11.4. The van der Waals surface area contributed by atoms with Gasteiger partial charge in [-0.3, -0.25) is 4.57 Å². The van der Waals surface area contributed by atoms with Crippen molar-refractivity contribution in [1.82, 2.24) is 19.5 Å². The van der Waals surface area contributed by atoms with Gasteiger partial charge in [0.05, 0.1) is 11.0 Å². The molecule has 0 aliphatic heterocycles. The summed E-state index contributed by atoms with van der Waals surface area (Å²) in [5.74, 6) is 1.97. The van der Waals surface area contributed by atoms with Gasteiger partial charge in [-0.15, -0.1) is 10.0 Å². The SMILES string of the molecule is C1=CC(c2nc(-c3cccc(S(C4=CCCC=C4)(c4ccccc4)c4ccccc4)c3)nc(-n3c4ccccc4c4ccccc43)n2)=CCC1. The lowest BCUT2D eigenvalue weighted by Crippen LogP contribution is -2.09. The molecule has 0 bridgehead atoms. The zero-order chi connectivity index (χ0) is 33.3. The van der Waals surface area contributed by atoms with Crippen molar-refractivity contribution >= 4 is 37.4 Å². The molecule has 2 heterocycles. The number of nitrogens with zero attached hydrogens (tertiary/aromatic N) is 4. The van der Waals surface area contributed by atoms with Crippen LogP contribution in [0.3, 0.4) is 0 Å². The van der Waals surface area contributed by atoms with Gasteiger partial charge >= 0.3 is 0 Å². The number of allylic oxidation sites excluding steroid dienone is 7. The number of hydrogen-bond acceptors (Lipinski definition) is 3. The molecule has 0 fully saturated rings. The van der Waals surface area contributed by atoms with Gasteiger partial charge in [-0.1, -0.05) is 121 Å². The summed E-state index contributed by atoms with van der Waals surface area (Å²) in [7, 11) is -1.83. The Morgan fingerprint density at radius 2 is 1.06 bits per heavy atom. The second kappa shape index (κ2) is 12.9. The lowest BCUT2D eigenvalue weighted by atomic mass is 10.1. The molecule has 2 aliphatic rings. The molecule has 0 saturated heterocycles. The van der Waals surface area contributed by atoms with E-state index >= 15 is 0 Å². The van der Waals surface area contributed by atoms with Crippen LogP contribution in [-0.2, 0) is 0 Å². The first kappa shape index (κ1) is 30.3. The molecule has 9 rings (SSSR count). The van der Waals surface area contributed by atoms with E-state index in [4.69, 9.17) is 15.0 Å². The Morgan fingerprint density at radius 1 is 0.480 bits per heavy atom. The Labute approximate surface area is 294 Å². The minimum atomic E-state index is -1.83. The van der Waals surface area contributed by atoms with Crippen LogP contribution < -0.4 is 0 Å². The largest absolute Gasteiger partial charge is 0.278 e. The maximum atomic E-state index is 5.29. The highest BCUT2D eigenvalue weighted by Gasteiger charge is 2.34. The van der Waals surface area contributed by atoms with E-state index in [2.05, 4.69) is 174 Å². The van der Waals surface area contributed by atoms with Gasteiger partial charge in [0.25, 0.3) is 0 Å². The van der Waals surface area contributed by atoms with Gasteiger partial charge in [0.15, 0.2) is 11.6 Å². The van der Waals surface area contributed by atoms with Gasteiger partial charge in [0.1, 0.15) is 0 Å². The van der Waals surface area contributed by atoms with Crippen molar-refractivity contribution in [1.29, 1.82) is 0 Å². The Kier molecular flexibility index (Phi) is 7.83. The maximum absolute atomic E-state index is 5.29.